The van der Waals surface area contributed by atoms with Gasteiger partial charge < -0.3 is 10.4 Å². The van der Waals surface area contributed by atoms with E-state index < -0.39 is 0 Å². The molecule has 19 heavy (non-hydrogen) atoms. The van der Waals surface area contributed by atoms with Crippen molar-refractivity contribution in [3.8, 4) is 0 Å². The summed E-state index contributed by atoms with van der Waals surface area (Å²) in [4.78, 5) is 27.7. The first kappa shape index (κ1) is 13.5. The third kappa shape index (κ3) is 3.11. The summed E-state index contributed by atoms with van der Waals surface area (Å²) in [6, 6.07) is -0.0918. The Morgan fingerprint density at radius 2 is 2.32 bits per heavy atom. The van der Waals surface area contributed by atoms with Gasteiger partial charge in [-0.05, 0) is 13.3 Å². The molecule has 0 radical (unpaired) electrons. The molecule has 6 nitrogen and oxygen atoms in total. The molecule has 102 valence electrons. The van der Waals surface area contributed by atoms with E-state index in [0.717, 1.165) is 11.4 Å². The zero-order valence-corrected chi connectivity index (χ0v) is 11.6. The number of amides is 1. The van der Waals surface area contributed by atoms with Crippen molar-refractivity contribution >= 4 is 17.2 Å². The van der Waals surface area contributed by atoms with Gasteiger partial charge in [-0.25, -0.2) is 4.98 Å². The van der Waals surface area contributed by atoms with Crippen molar-refractivity contribution in [2.24, 2.45) is 0 Å². The van der Waals surface area contributed by atoms with Gasteiger partial charge in [-0.15, -0.1) is 11.3 Å². The van der Waals surface area contributed by atoms with E-state index >= 15 is 0 Å². The molecule has 0 fully saturated rings. The van der Waals surface area contributed by atoms with E-state index in [1.54, 1.807) is 13.1 Å². The van der Waals surface area contributed by atoms with Crippen molar-refractivity contribution in [1.29, 1.82) is 0 Å². The van der Waals surface area contributed by atoms with Crippen molar-refractivity contribution in [2.75, 3.05) is 0 Å². The maximum atomic E-state index is 12.0. The van der Waals surface area contributed by atoms with Crippen LogP contribution in [0.4, 0.5) is 0 Å². The summed E-state index contributed by atoms with van der Waals surface area (Å²) in [5.74, 6) is -0.171. The lowest BCUT2D eigenvalue weighted by atomic mass is 10.1. The van der Waals surface area contributed by atoms with E-state index in [1.165, 1.54) is 11.3 Å². The molecule has 0 aliphatic carbocycles. The SMILES string of the molecule is CC[C@@H](NC(=O)Cc1c(C)[nH][nH]c1=O)c1nccs1. The standard InChI is InChI=1S/C12H16N4O2S/c1-3-9(12-13-4-5-19-12)14-10(17)6-8-7(2)15-16-11(8)18/h4-5,9H,3,6H2,1-2H3,(H,14,17)(H2,15,16,18)/t9-/m1/s1. The summed E-state index contributed by atoms with van der Waals surface area (Å²) >= 11 is 1.51. The van der Waals surface area contributed by atoms with Crippen molar-refractivity contribution in [3.63, 3.8) is 0 Å². The third-order valence-corrected chi connectivity index (χ3v) is 3.81. The molecule has 0 aliphatic heterocycles. The van der Waals surface area contributed by atoms with Gasteiger partial charge in [-0.1, -0.05) is 6.92 Å². The molecule has 0 unspecified atom stereocenters. The molecule has 1 amide bonds. The monoisotopic (exact) mass is 280 g/mol. The van der Waals surface area contributed by atoms with Crippen molar-refractivity contribution in [1.82, 2.24) is 20.5 Å². The molecule has 2 aromatic heterocycles. The number of hydrogen-bond acceptors (Lipinski definition) is 4. The number of nitrogens with zero attached hydrogens (tertiary/aromatic N) is 1. The maximum Gasteiger partial charge on any atom is 0.267 e. The number of H-pyrrole nitrogens is 2. The minimum Gasteiger partial charge on any atom is -0.347 e. The Labute approximate surface area is 114 Å². The number of aromatic amines is 2. The van der Waals surface area contributed by atoms with E-state index in [9.17, 15) is 9.59 Å². The Kier molecular flexibility index (Phi) is 4.16. The van der Waals surface area contributed by atoms with E-state index in [-0.39, 0.29) is 23.9 Å². The lowest BCUT2D eigenvalue weighted by Crippen LogP contribution is -2.30. The Bertz CT molecular complexity index is 600. The summed E-state index contributed by atoms with van der Waals surface area (Å²) in [6.07, 6.45) is 2.56. The predicted octanol–water partition coefficient (Wildman–Crippen LogP) is 1.28. The van der Waals surface area contributed by atoms with Gasteiger partial charge in [0.2, 0.25) is 5.91 Å². The number of nitrogens with one attached hydrogen (secondary N) is 3. The molecule has 3 N–H and O–H groups in total. The van der Waals surface area contributed by atoms with Crippen LogP contribution in [-0.2, 0) is 11.2 Å². The van der Waals surface area contributed by atoms with Gasteiger partial charge in [0.25, 0.3) is 5.56 Å². The van der Waals surface area contributed by atoms with Crippen LogP contribution in [0, 0.1) is 6.92 Å². The zero-order valence-electron chi connectivity index (χ0n) is 10.8. The van der Waals surface area contributed by atoms with Crippen LogP contribution in [0.3, 0.4) is 0 Å². The van der Waals surface area contributed by atoms with Crippen LogP contribution in [0.5, 0.6) is 0 Å². The summed E-state index contributed by atoms with van der Waals surface area (Å²) < 4.78 is 0. The largest absolute Gasteiger partial charge is 0.347 e. The highest BCUT2D eigenvalue weighted by Gasteiger charge is 2.17. The van der Waals surface area contributed by atoms with E-state index in [2.05, 4.69) is 20.5 Å². The van der Waals surface area contributed by atoms with E-state index in [0.29, 0.717) is 11.3 Å². The molecule has 1 atom stereocenters. The lowest BCUT2D eigenvalue weighted by Gasteiger charge is -2.14. The summed E-state index contributed by atoms with van der Waals surface area (Å²) in [6.45, 7) is 3.75. The smallest absolute Gasteiger partial charge is 0.267 e. The van der Waals surface area contributed by atoms with Gasteiger partial charge in [-0.3, -0.25) is 14.7 Å². The maximum absolute atomic E-state index is 12.0. The highest BCUT2D eigenvalue weighted by molar-refractivity contribution is 7.09. The molecule has 2 aromatic rings. The topological polar surface area (TPSA) is 90.6 Å². The van der Waals surface area contributed by atoms with Gasteiger partial charge in [0.1, 0.15) is 5.01 Å². The second kappa shape index (κ2) is 5.83. The van der Waals surface area contributed by atoms with Crippen LogP contribution in [0.25, 0.3) is 0 Å². The zero-order chi connectivity index (χ0) is 13.8. The molecule has 0 saturated carbocycles. The predicted molar refractivity (Wildman–Crippen MR) is 73.1 cm³/mol. The van der Waals surface area contributed by atoms with Crippen molar-refractivity contribution < 1.29 is 4.79 Å². The Hall–Kier alpha value is -1.89. The van der Waals surface area contributed by atoms with Crippen LogP contribution >= 0.6 is 11.3 Å². The summed E-state index contributed by atoms with van der Waals surface area (Å²) in [5.41, 5.74) is 0.934. The fourth-order valence-electron chi connectivity index (χ4n) is 1.84. The minimum atomic E-state index is -0.241. The van der Waals surface area contributed by atoms with Crippen molar-refractivity contribution in [2.45, 2.75) is 32.7 Å². The normalized spacial score (nSPS) is 12.3. The second-order valence-corrected chi connectivity index (χ2v) is 5.18. The number of carbonyl (C=O) groups excluding carboxylic acids is 1. The van der Waals surface area contributed by atoms with Gasteiger partial charge in [-0.2, -0.15) is 0 Å². The fourth-order valence-corrected chi connectivity index (χ4v) is 2.61. The average Bonchev–Trinajstić information content (AvgIpc) is 3.01. The number of rotatable bonds is 5. The lowest BCUT2D eigenvalue weighted by molar-refractivity contribution is -0.121. The number of hydrogen-bond donors (Lipinski definition) is 3. The number of carbonyl (C=O) groups is 1. The highest BCUT2D eigenvalue weighted by atomic mass is 32.1. The number of aromatic nitrogens is 3. The Morgan fingerprint density at radius 3 is 2.84 bits per heavy atom. The molecule has 0 spiro atoms. The van der Waals surface area contributed by atoms with Crippen molar-refractivity contribution in [3.05, 3.63) is 38.2 Å². The number of thiazole rings is 1. The molecule has 2 rings (SSSR count). The van der Waals surface area contributed by atoms with Gasteiger partial charge >= 0.3 is 0 Å². The molecule has 0 aliphatic rings. The summed E-state index contributed by atoms with van der Waals surface area (Å²) in [5, 5.41) is 10.8. The number of aryl methyl sites for hydroxylation is 1. The first-order chi connectivity index (χ1) is 9.11. The third-order valence-electron chi connectivity index (χ3n) is 2.92. The average molecular weight is 280 g/mol. The first-order valence-electron chi connectivity index (χ1n) is 6.06. The fraction of sp³-hybridized carbons (Fsp3) is 0.417. The molecule has 7 heteroatoms. The molecule has 2 heterocycles. The highest BCUT2D eigenvalue weighted by Crippen LogP contribution is 2.18. The Balaban J connectivity index is 2.03. The van der Waals surface area contributed by atoms with Gasteiger partial charge in [0.15, 0.2) is 0 Å². The van der Waals surface area contributed by atoms with Gasteiger partial charge in [0, 0.05) is 22.8 Å². The second-order valence-electron chi connectivity index (χ2n) is 4.26. The van der Waals surface area contributed by atoms with Crippen LogP contribution in [0.2, 0.25) is 0 Å². The van der Waals surface area contributed by atoms with Crippen LogP contribution in [0.1, 0.15) is 35.7 Å². The van der Waals surface area contributed by atoms with E-state index in [1.807, 2.05) is 12.3 Å². The minimum absolute atomic E-state index is 0.0759. The molecular weight excluding hydrogens is 264 g/mol. The Morgan fingerprint density at radius 1 is 1.53 bits per heavy atom. The van der Waals surface area contributed by atoms with E-state index in [4.69, 9.17) is 0 Å². The molecule has 0 saturated heterocycles. The van der Waals surface area contributed by atoms with Gasteiger partial charge in [0.05, 0.1) is 12.5 Å². The molecular formula is C12H16N4O2S. The molecule has 0 bridgehead atoms. The summed E-state index contributed by atoms with van der Waals surface area (Å²) in [7, 11) is 0. The van der Waals surface area contributed by atoms with Crippen LogP contribution in [0.15, 0.2) is 16.4 Å². The van der Waals surface area contributed by atoms with Crippen LogP contribution < -0.4 is 10.9 Å². The first-order valence-corrected chi connectivity index (χ1v) is 6.94. The van der Waals surface area contributed by atoms with Crippen LogP contribution in [-0.4, -0.2) is 21.1 Å². The quantitative estimate of drug-likeness (QED) is 0.770. The molecule has 0 aromatic carbocycles.